The molecule has 3 amide bonds. The van der Waals surface area contributed by atoms with Crippen molar-refractivity contribution in [2.45, 2.75) is 75.0 Å². The van der Waals surface area contributed by atoms with E-state index in [1.165, 1.54) is 12.8 Å². The van der Waals surface area contributed by atoms with E-state index < -0.39 is 42.4 Å². The third-order valence-electron chi connectivity index (χ3n) is 7.83. The van der Waals surface area contributed by atoms with E-state index in [2.05, 4.69) is 15.5 Å². The van der Waals surface area contributed by atoms with E-state index in [-0.39, 0.29) is 5.41 Å². The highest BCUT2D eigenvalue weighted by molar-refractivity contribution is 5.87. The lowest BCUT2D eigenvalue weighted by atomic mass is 9.72. The van der Waals surface area contributed by atoms with Crippen LogP contribution in [-0.2, 0) is 11.2 Å². The zero-order valence-corrected chi connectivity index (χ0v) is 19.6. The first-order chi connectivity index (χ1) is 16.1. The lowest BCUT2D eigenvalue weighted by molar-refractivity contribution is -0.126. The van der Waals surface area contributed by atoms with Crippen molar-refractivity contribution in [1.82, 2.24) is 20.4 Å². The Morgan fingerprint density at radius 2 is 1.74 bits per heavy atom. The van der Waals surface area contributed by atoms with Gasteiger partial charge in [0.25, 0.3) is 5.92 Å². The maximum absolute atomic E-state index is 14.9. The topological polar surface area (TPSA) is 90.7 Å². The van der Waals surface area contributed by atoms with Crippen LogP contribution in [0.3, 0.4) is 0 Å². The zero-order valence-electron chi connectivity index (χ0n) is 19.6. The van der Waals surface area contributed by atoms with Crippen LogP contribution < -0.4 is 16.4 Å². The molecule has 0 radical (unpaired) electrons. The quantitative estimate of drug-likeness (QED) is 0.504. The van der Waals surface area contributed by atoms with Gasteiger partial charge in [-0.3, -0.25) is 9.69 Å². The summed E-state index contributed by atoms with van der Waals surface area (Å²) in [7, 11) is 0. The van der Waals surface area contributed by atoms with Gasteiger partial charge in [-0.1, -0.05) is 30.3 Å². The van der Waals surface area contributed by atoms with E-state index >= 15 is 0 Å². The summed E-state index contributed by atoms with van der Waals surface area (Å²) in [5.41, 5.74) is 5.92. The number of carbonyl (C=O) groups is 2. The van der Waals surface area contributed by atoms with Crippen molar-refractivity contribution in [3.05, 3.63) is 35.9 Å². The van der Waals surface area contributed by atoms with Gasteiger partial charge >= 0.3 is 6.03 Å². The van der Waals surface area contributed by atoms with Gasteiger partial charge in [-0.05, 0) is 49.5 Å². The number of benzene rings is 1. The molecule has 1 spiro atoms. The SMILES string of the molecule is NC1(NC(=O)[C@H](CC(F)(F)Cc2ccccc2)NC(=O)N2CCC3(CC2)CN(C2CC2)C3)CC1. The van der Waals surface area contributed by atoms with Gasteiger partial charge in [0.2, 0.25) is 5.91 Å². The van der Waals surface area contributed by atoms with Gasteiger partial charge in [-0.25, -0.2) is 13.6 Å². The Morgan fingerprint density at radius 1 is 1.09 bits per heavy atom. The van der Waals surface area contributed by atoms with E-state index in [4.69, 9.17) is 5.73 Å². The molecule has 34 heavy (non-hydrogen) atoms. The van der Waals surface area contributed by atoms with E-state index in [1.807, 2.05) is 0 Å². The summed E-state index contributed by atoms with van der Waals surface area (Å²) in [5, 5.41) is 5.25. The maximum Gasteiger partial charge on any atom is 0.318 e. The molecule has 2 aliphatic carbocycles. The van der Waals surface area contributed by atoms with Crippen molar-refractivity contribution in [1.29, 1.82) is 0 Å². The average Bonchev–Trinajstić information content (AvgIpc) is 3.70. The molecule has 0 bridgehead atoms. The number of alkyl halides is 2. The summed E-state index contributed by atoms with van der Waals surface area (Å²) >= 11 is 0. The number of likely N-dealkylation sites (tertiary alicyclic amines) is 2. The number of hydrogen-bond donors (Lipinski definition) is 3. The molecule has 1 aromatic carbocycles. The van der Waals surface area contributed by atoms with Crippen LogP contribution in [0.25, 0.3) is 0 Å². The predicted octanol–water partition coefficient (Wildman–Crippen LogP) is 2.46. The highest BCUT2D eigenvalue weighted by Gasteiger charge is 2.50. The highest BCUT2D eigenvalue weighted by atomic mass is 19.3. The lowest BCUT2D eigenvalue weighted by Crippen LogP contribution is -2.62. The van der Waals surface area contributed by atoms with Crippen LogP contribution in [0, 0.1) is 5.41 Å². The molecule has 0 unspecified atom stereocenters. The standard InChI is InChI=1S/C25H35F2N5O2/c26-24(27,14-18-4-2-1-3-5-18)15-20(21(33)30-25(28)8-9-25)29-22(34)31-12-10-23(11-13-31)16-32(17-23)19-6-7-19/h1-5,19-20H,6-17,28H2,(H,29,34)(H,30,33)/t20-/m0/s1. The van der Waals surface area contributed by atoms with Crippen molar-refractivity contribution >= 4 is 11.9 Å². The minimum absolute atomic E-state index is 0.288. The van der Waals surface area contributed by atoms with Crippen molar-refractivity contribution in [3.63, 3.8) is 0 Å². The molecule has 2 heterocycles. The molecule has 2 saturated heterocycles. The molecule has 4 fully saturated rings. The van der Waals surface area contributed by atoms with Gasteiger partial charge in [0.15, 0.2) is 0 Å². The fourth-order valence-corrected chi connectivity index (χ4v) is 5.32. The zero-order chi connectivity index (χ0) is 24.0. The monoisotopic (exact) mass is 475 g/mol. The lowest BCUT2D eigenvalue weighted by Gasteiger charge is -2.54. The molecule has 4 N–H and O–H groups in total. The summed E-state index contributed by atoms with van der Waals surface area (Å²) in [6.45, 7) is 3.37. The van der Waals surface area contributed by atoms with E-state index in [1.54, 1.807) is 35.2 Å². The van der Waals surface area contributed by atoms with Crippen molar-refractivity contribution < 1.29 is 18.4 Å². The number of halogens is 2. The summed E-state index contributed by atoms with van der Waals surface area (Å²) in [6.07, 6.45) is 4.36. The van der Waals surface area contributed by atoms with Crippen LogP contribution >= 0.6 is 0 Å². The Hall–Kier alpha value is -2.26. The van der Waals surface area contributed by atoms with Gasteiger partial charge in [0.05, 0.1) is 5.66 Å². The number of amides is 3. The fraction of sp³-hybridized carbons (Fsp3) is 0.680. The number of nitrogens with one attached hydrogen (secondary N) is 2. The number of nitrogens with zero attached hydrogens (tertiary/aromatic N) is 2. The summed E-state index contributed by atoms with van der Waals surface area (Å²) in [4.78, 5) is 30.0. The molecule has 2 aliphatic heterocycles. The molecule has 0 aromatic heterocycles. The first kappa shape index (κ1) is 23.5. The second-order valence-electron chi connectivity index (χ2n) is 11.0. The molecule has 2 saturated carbocycles. The Kier molecular flexibility index (Phi) is 6.04. The Labute approximate surface area is 199 Å². The first-order valence-corrected chi connectivity index (χ1v) is 12.5. The second-order valence-corrected chi connectivity index (χ2v) is 11.0. The number of carbonyl (C=O) groups excluding carboxylic acids is 2. The largest absolute Gasteiger partial charge is 0.336 e. The smallest absolute Gasteiger partial charge is 0.318 e. The molecule has 7 nitrogen and oxygen atoms in total. The van der Waals surface area contributed by atoms with Crippen LogP contribution in [0.15, 0.2) is 30.3 Å². The minimum atomic E-state index is -3.16. The van der Waals surface area contributed by atoms with Crippen LogP contribution in [0.4, 0.5) is 13.6 Å². The Bertz CT molecular complexity index is 903. The number of rotatable bonds is 8. The normalized spacial score (nSPS) is 24.3. The summed E-state index contributed by atoms with van der Waals surface area (Å²) in [5.74, 6) is -3.81. The predicted molar refractivity (Wildman–Crippen MR) is 124 cm³/mol. The number of nitrogens with two attached hydrogens (primary N) is 1. The maximum atomic E-state index is 14.9. The van der Waals surface area contributed by atoms with E-state index in [0.717, 1.165) is 32.0 Å². The first-order valence-electron chi connectivity index (χ1n) is 12.5. The van der Waals surface area contributed by atoms with Crippen LogP contribution in [0.2, 0.25) is 0 Å². The van der Waals surface area contributed by atoms with E-state index in [0.29, 0.717) is 31.5 Å². The second kappa shape index (κ2) is 8.75. The Balaban J connectivity index is 1.18. The highest BCUT2D eigenvalue weighted by Crippen LogP contribution is 2.45. The molecule has 9 heteroatoms. The molecular weight excluding hydrogens is 440 g/mol. The summed E-state index contributed by atoms with van der Waals surface area (Å²) in [6, 6.07) is 7.41. The molecule has 186 valence electrons. The van der Waals surface area contributed by atoms with Crippen LogP contribution in [0.1, 0.15) is 50.5 Å². The van der Waals surface area contributed by atoms with Gasteiger partial charge in [0.1, 0.15) is 6.04 Å². The Morgan fingerprint density at radius 3 is 2.32 bits per heavy atom. The van der Waals surface area contributed by atoms with E-state index in [9.17, 15) is 18.4 Å². The van der Waals surface area contributed by atoms with Gasteiger partial charge < -0.3 is 21.3 Å². The molecular formula is C25H35F2N5O2. The molecule has 4 aliphatic rings. The number of hydrogen-bond acceptors (Lipinski definition) is 4. The summed E-state index contributed by atoms with van der Waals surface area (Å²) < 4.78 is 29.9. The average molecular weight is 476 g/mol. The molecule has 1 aromatic rings. The van der Waals surface area contributed by atoms with Gasteiger partial charge in [-0.15, -0.1) is 0 Å². The third-order valence-corrected chi connectivity index (χ3v) is 7.83. The minimum Gasteiger partial charge on any atom is -0.336 e. The van der Waals surface area contributed by atoms with Gasteiger partial charge in [0, 0.05) is 45.1 Å². The fourth-order valence-electron chi connectivity index (χ4n) is 5.32. The van der Waals surface area contributed by atoms with Crippen molar-refractivity contribution in [2.75, 3.05) is 26.2 Å². The molecule has 1 atom stereocenters. The number of urea groups is 1. The molecule has 5 rings (SSSR count). The van der Waals surface area contributed by atoms with Crippen molar-refractivity contribution in [3.8, 4) is 0 Å². The third kappa shape index (κ3) is 5.51. The van der Waals surface area contributed by atoms with Gasteiger partial charge in [-0.2, -0.15) is 0 Å². The van der Waals surface area contributed by atoms with Crippen LogP contribution in [-0.4, -0.2) is 71.6 Å². The number of piperidine rings is 1. The van der Waals surface area contributed by atoms with Crippen LogP contribution in [0.5, 0.6) is 0 Å². The van der Waals surface area contributed by atoms with Crippen molar-refractivity contribution in [2.24, 2.45) is 11.1 Å².